The van der Waals surface area contributed by atoms with Gasteiger partial charge in [0.1, 0.15) is 48.8 Å². The van der Waals surface area contributed by atoms with Gasteiger partial charge in [0.15, 0.2) is 12.6 Å². The van der Waals surface area contributed by atoms with Crippen LogP contribution in [0.1, 0.15) is 0 Å². The highest BCUT2D eigenvalue weighted by atomic mass is 16.7. The third kappa shape index (κ3) is 3.65. The number of rotatable bonds is 4. The molecule has 2 heterocycles. The van der Waals surface area contributed by atoms with E-state index in [-0.39, 0.29) is 0 Å². The second-order valence-corrected chi connectivity index (χ2v) is 5.53. The summed E-state index contributed by atoms with van der Waals surface area (Å²) in [4.78, 5) is 0. The largest absolute Gasteiger partial charge is 0.394 e. The molecule has 0 aliphatic carbocycles. The van der Waals surface area contributed by atoms with Crippen molar-refractivity contribution < 1.29 is 55.1 Å². The lowest BCUT2D eigenvalue weighted by molar-refractivity contribution is -0.361. The van der Waals surface area contributed by atoms with E-state index in [1.165, 1.54) is 0 Å². The molecule has 0 amide bonds. The molecule has 8 N–H and O–H groups in total. The SMILES string of the molecule is OC[C@H]1O[C@H](O[C@H]2[C@H](O)[C@H](O)[C@@H](CO)O[C@@H]2O)[C@@H](O)[C@H](O)[C@@H]1O. The Balaban J connectivity index is 2.08. The van der Waals surface area contributed by atoms with Gasteiger partial charge in [0.25, 0.3) is 0 Å². The molecule has 0 bridgehead atoms. The van der Waals surface area contributed by atoms with Crippen LogP contribution < -0.4 is 0 Å². The molecule has 11 heteroatoms. The fourth-order valence-electron chi connectivity index (χ4n) is 2.55. The summed E-state index contributed by atoms with van der Waals surface area (Å²) in [5, 5.41) is 76.7. The summed E-state index contributed by atoms with van der Waals surface area (Å²) < 4.78 is 15.1. The molecule has 0 aromatic rings. The Morgan fingerprint density at radius 1 is 0.652 bits per heavy atom. The lowest BCUT2D eigenvalue weighted by Gasteiger charge is -2.44. The van der Waals surface area contributed by atoms with Crippen molar-refractivity contribution >= 4 is 0 Å². The first-order valence-electron chi connectivity index (χ1n) is 7.08. The average Bonchev–Trinajstić information content (AvgIpc) is 2.54. The average molecular weight is 342 g/mol. The van der Waals surface area contributed by atoms with Crippen molar-refractivity contribution in [3.8, 4) is 0 Å². The topological polar surface area (TPSA) is 190 Å². The molecule has 2 aliphatic heterocycles. The van der Waals surface area contributed by atoms with E-state index < -0.39 is 74.6 Å². The molecular formula is C12H22O11. The van der Waals surface area contributed by atoms with Gasteiger partial charge in [-0.2, -0.15) is 0 Å². The zero-order chi connectivity index (χ0) is 17.3. The van der Waals surface area contributed by atoms with Gasteiger partial charge in [0, 0.05) is 0 Å². The van der Waals surface area contributed by atoms with E-state index in [2.05, 4.69) is 0 Å². The predicted molar refractivity (Wildman–Crippen MR) is 68.6 cm³/mol. The van der Waals surface area contributed by atoms with E-state index in [1.54, 1.807) is 0 Å². The number of ether oxygens (including phenoxy) is 3. The molecule has 2 fully saturated rings. The molecule has 0 aromatic heterocycles. The normalized spacial score (nSPS) is 51.7. The lowest BCUT2D eigenvalue weighted by Crippen LogP contribution is -2.64. The summed E-state index contributed by atoms with van der Waals surface area (Å²) in [6.45, 7) is -1.33. The van der Waals surface area contributed by atoms with Crippen LogP contribution in [0.4, 0.5) is 0 Å². The molecule has 23 heavy (non-hydrogen) atoms. The highest BCUT2D eigenvalue weighted by molar-refractivity contribution is 4.93. The molecule has 136 valence electrons. The summed E-state index contributed by atoms with van der Waals surface area (Å²) in [6.07, 6.45) is -15.6. The summed E-state index contributed by atoms with van der Waals surface area (Å²) in [6, 6.07) is 0. The molecule has 0 spiro atoms. The third-order valence-electron chi connectivity index (χ3n) is 3.98. The molecule has 0 saturated carbocycles. The maximum atomic E-state index is 9.94. The number of aliphatic hydroxyl groups excluding tert-OH is 8. The van der Waals surface area contributed by atoms with Crippen molar-refractivity contribution in [3.05, 3.63) is 0 Å². The molecule has 10 atom stereocenters. The first-order chi connectivity index (χ1) is 10.8. The van der Waals surface area contributed by atoms with Gasteiger partial charge in [-0.05, 0) is 0 Å². The Morgan fingerprint density at radius 2 is 1.17 bits per heavy atom. The van der Waals surface area contributed by atoms with Crippen molar-refractivity contribution in [2.24, 2.45) is 0 Å². The first kappa shape index (κ1) is 18.9. The molecule has 11 nitrogen and oxygen atoms in total. The number of aliphatic hydroxyl groups is 8. The van der Waals surface area contributed by atoms with Crippen LogP contribution in [0, 0.1) is 0 Å². The van der Waals surface area contributed by atoms with Crippen LogP contribution in [0.15, 0.2) is 0 Å². The minimum Gasteiger partial charge on any atom is -0.394 e. The van der Waals surface area contributed by atoms with E-state index in [0.29, 0.717) is 0 Å². The summed E-state index contributed by atoms with van der Waals surface area (Å²) in [5.74, 6) is 0. The van der Waals surface area contributed by atoms with Crippen LogP contribution in [0.3, 0.4) is 0 Å². The molecule has 0 aromatic carbocycles. The van der Waals surface area contributed by atoms with E-state index in [9.17, 15) is 30.6 Å². The van der Waals surface area contributed by atoms with Gasteiger partial charge < -0.3 is 55.1 Å². The van der Waals surface area contributed by atoms with Crippen LogP contribution in [0.5, 0.6) is 0 Å². The molecule has 2 saturated heterocycles. The zero-order valence-electron chi connectivity index (χ0n) is 12.0. The fourth-order valence-corrected chi connectivity index (χ4v) is 2.55. The number of hydrogen-bond acceptors (Lipinski definition) is 11. The summed E-state index contributed by atoms with van der Waals surface area (Å²) in [5.41, 5.74) is 0. The van der Waals surface area contributed by atoms with Gasteiger partial charge in [-0.15, -0.1) is 0 Å². The second-order valence-electron chi connectivity index (χ2n) is 5.53. The van der Waals surface area contributed by atoms with Crippen LogP contribution in [-0.2, 0) is 14.2 Å². The van der Waals surface area contributed by atoms with Crippen molar-refractivity contribution in [2.45, 2.75) is 61.4 Å². The highest BCUT2D eigenvalue weighted by Gasteiger charge is 2.50. The van der Waals surface area contributed by atoms with Crippen LogP contribution in [0.25, 0.3) is 0 Å². The minimum absolute atomic E-state index is 0.651. The molecular weight excluding hydrogens is 320 g/mol. The molecule has 0 radical (unpaired) electrons. The van der Waals surface area contributed by atoms with Crippen LogP contribution in [0.2, 0.25) is 0 Å². The maximum Gasteiger partial charge on any atom is 0.187 e. The van der Waals surface area contributed by atoms with Crippen molar-refractivity contribution in [2.75, 3.05) is 13.2 Å². The van der Waals surface area contributed by atoms with Gasteiger partial charge in [-0.3, -0.25) is 0 Å². The molecule has 0 unspecified atom stereocenters. The Labute approximate surface area is 130 Å². The smallest absolute Gasteiger partial charge is 0.187 e. The molecule has 2 aliphatic rings. The second kappa shape index (κ2) is 7.63. The van der Waals surface area contributed by atoms with E-state index in [1.807, 2.05) is 0 Å². The summed E-state index contributed by atoms with van der Waals surface area (Å²) >= 11 is 0. The lowest BCUT2D eigenvalue weighted by atomic mass is 9.97. The predicted octanol–water partition coefficient (Wildman–Crippen LogP) is -5.40. The van der Waals surface area contributed by atoms with E-state index >= 15 is 0 Å². The Hall–Kier alpha value is -0.440. The van der Waals surface area contributed by atoms with Gasteiger partial charge >= 0.3 is 0 Å². The fraction of sp³-hybridized carbons (Fsp3) is 1.00. The monoisotopic (exact) mass is 342 g/mol. The maximum absolute atomic E-state index is 9.94. The van der Waals surface area contributed by atoms with Crippen molar-refractivity contribution in [3.63, 3.8) is 0 Å². The van der Waals surface area contributed by atoms with Crippen LogP contribution in [-0.4, -0.2) is 115 Å². The first-order valence-corrected chi connectivity index (χ1v) is 7.08. The molecule has 2 rings (SSSR count). The van der Waals surface area contributed by atoms with E-state index in [0.717, 1.165) is 0 Å². The van der Waals surface area contributed by atoms with E-state index in [4.69, 9.17) is 24.4 Å². The standard InChI is InChI=1S/C12H22O11/c13-1-3-6(16)8(18)10(11(20)21-3)23-12-9(19)7(17)5(15)4(2-14)22-12/h3-20H,1-2H2/t3-,4-,5-,6-,7-,8-,9+,10+,11+,12-/m1/s1. The quantitative estimate of drug-likeness (QED) is 0.243. The Bertz CT molecular complexity index is 380. The van der Waals surface area contributed by atoms with Crippen molar-refractivity contribution in [1.82, 2.24) is 0 Å². The zero-order valence-corrected chi connectivity index (χ0v) is 12.0. The number of hydrogen-bond donors (Lipinski definition) is 8. The van der Waals surface area contributed by atoms with Gasteiger partial charge in [0.05, 0.1) is 13.2 Å². The highest BCUT2D eigenvalue weighted by Crippen LogP contribution is 2.28. The van der Waals surface area contributed by atoms with Gasteiger partial charge in [-0.25, -0.2) is 0 Å². The Kier molecular flexibility index (Phi) is 6.27. The van der Waals surface area contributed by atoms with Gasteiger partial charge in [-0.1, -0.05) is 0 Å². The summed E-state index contributed by atoms with van der Waals surface area (Å²) in [7, 11) is 0. The van der Waals surface area contributed by atoms with Crippen LogP contribution >= 0.6 is 0 Å². The Morgan fingerprint density at radius 3 is 1.74 bits per heavy atom. The third-order valence-corrected chi connectivity index (χ3v) is 3.98. The minimum atomic E-state index is -1.75. The van der Waals surface area contributed by atoms with Gasteiger partial charge in [0.2, 0.25) is 0 Å². The van der Waals surface area contributed by atoms with Crippen molar-refractivity contribution in [1.29, 1.82) is 0 Å².